The number of rotatable bonds is 5. The lowest BCUT2D eigenvalue weighted by Gasteiger charge is -2.16. The number of likely N-dealkylation sites (tertiary alicyclic amines) is 1. The standard InChI is InChI=1S/C17H23N3O2/c21-16(11-15-3-1-9-18-15)19-14-7-5-13(6-8-14)12-20-10-2-4-17(20)22/h5-8,15,18H,1-4,9-12H2,(H,19,21). The fourth-order valence-corrected chi connectivity index (χ4v) is 3.15. The minimum Gasteiger partial charge on any atom is -0.338 e. The first kappa shape index (κ1) is 15.0. The Morgan fingerprint density at radius 1 is 1.27 bits per heavy atom. The molecule has 2 fully saturated rings. The molecule has 2 heterocycles. The van der Waals surface area contributed by atoms with Crippen molar-refractivity contribution in [1.82, 2.24) is 10.2 Å². The van der Waals surface area contributed by atoms with Crippen LogP contribution in [-0.2, 0) is 16.1 Å². The summed E-state index contributed by atoms with van der Waals surface area (Å²) in [6, 6.07) is 8.11. The highest BCUT2D eigenvalue weighted by molar-refractivity contribution is 5.91. The third-order valence-corrected chi connectivity index (χ3v) is 4.38. The van der Waals surface area contributed by atoms with Crippen LogP contribution in [0.2, 0.25) is 0 Å². The zero-order valence-electron chi connectivity index (χ0n) is 12.8. The van der Waals surface area contributed by atoms with Gasteiger partial charge in [-0.25, -0.2) is 0 Å². The molecule has 2 aliphatic heterocycles. The lowest BCUT2D eigenvalue weighted by Crippen LogP contribution is -2.27. The Labute approximate surface area is 131 Å². The van der Waals surface area contributed by atoms with Gasteiger partial charge in [0.05, 0.1) is 0 Å². The lowest BCUT2D eigenvalue weighted by molar-refractivity contribution is -0.128. The number of nitrogens with one attached hydrogen (secondary N) is 2. The molecule has 0 saturated carbocycles. The molecule has 2 saturated heterocycles. The molecule has 22 heavy (non-hydrogen) atoms. The van der Waals surface area contributed by atoms with Crippen molar-refractivity contribution < 1.29 is 9.59 Å². The van der Waals surface area contributed by atoms with Crippen LogP contribution in [0.15, 0.2) is 24.3 Å². The summed E-state index contributed by atoms with van der Waals surface area (Å²) in [6.45, 7) is 2.53. The quantitative estimate of drug-likeness (QED) is 0.873. The van der Waals surface area contributed by atoms with Crippen molar-refractivity contribution in [3.63, 3.8) is 0 Å². The van der Waals surface area contributed by atoms with Gasteiger partial charge in [-0.05, 0) is 43.5 Å². The smallest absolute Gasteiger partial charge is 0.225 e. The van der Waals surface area contributed by atoms with Crippen molar-refractivity contribution in [3.05, 3.63) is 29.8 Å². The van der Waals surface area contributed by atoms with Crippen molar-refractivity contribution in [1.29, 1.82) is 0 Å². The second-order valence-electron chi connectivity index (χ2n) is 6.16. The largest absolute Gasteiger partial charge is 0.338 e. The Morgan fingerprint density at radius 3 is 2.73 bits per heavy atom. The first-order chi connectivity index (χ1) is 10.7. The first-order valence-electron chi connectivity index (χ1n) is 8.11. The van der Waals surface area contributed by atoms with E-state index in [4.69, 9.17) is 0 Å². The molecule has 0 aliphatic carbocycles. The van der Waals surface area contributed by atoms with Gasteiger partial charge in [-0.2, -0.15) is 0 Å². The number of carbonyl (C=O) groups is 2. The van der Waals surface area contributed by atoms with Crippen LogP contribution in [0.25, 0.3) is 0 Å². The van der Waals surface area contributed by atoms with Gasteiger partial charge in [0, 0.05) is 37.7 Å². The SMILES string of the molecule is O=C(CC1CCCN1)Nc1ccc(CN2CCCC2=O)cc1. The molecular formula is C17H23N3O2. The maximum absolute atomic E-state index is 12.0. The summed E-state index contributed by atoms with van der Waals surface area (Å²) in [6.07, 6.45) is 4.40. The van der Waals surface area contributed by atoms with E-state index in [0.717, 1.165) is 43.6 Å². The molecule has 1 unspecified atom stereocenters. The molecule has 5 nitrogen and oxygen atoms in total. The van der Waals surface area contributed by atoms with Crippen molar-refractivity contribution in [2.75, 3.05) is 18.4 Å². The summed E-state index contributed by atoms with van der Waals surface area (Å²) >= 11 is 0. The van der Waals surface area contributed by atoms with Crippen LogP contribution in [0.5, 0.6) is 0 Å². The number of benzene rings is 1. The second-order valence-corrected chi connectivity index (χ2v) is 6.16. The summed E-state index contributed by atoms with van der Waals surface area (Å²) in [5.41, 5.74) is 1.92. The number of anilines is 1. The van der Waals surface area contributed by atoms with Crippen LogP contribution in [-0.4, -0.2) is 35.8 Å². The van der Waals surface area contributed by atoms with Gasteiger partial charge in [-0.15, -0.1) is 0 Å². The topological polar surface area (TPSA) is 61.4 Å². The van der Waals surface area contributed by atoms with Gasteiger partial charge in [0.1, 0.15) is 0 Å². The van der Waals surface area contributed by atoms with E-state index >= 15 is 0 Å². The lowest BCUT2D eigenvalue weighted by atomic mass is 10.1. The molecule has 0 spiro atoms. The van der Waals surface area contributed by atoms with E-state index < -0.39 is 0 Å². The highest BCUT2D eigenvalue weighted by Crippen LogP contribution is 2.17. The average molecular weight is 301 g/mol. The summed E-state index contributed by atoms with van der Waals surface area (Å²) in [7, 11) is 0. The van der Waals surface area contributed by atoms with Gasteiger partial charge in [0.15, 0.2) is 0 Å². The summed E-state index contributed by atoms with van der Waals surface area (Å²) in [4.78, 5) is 25.5. The third-order valence-electron chi connectivity index (χ3n) is 4.38. The molecule has 2 amide bonds. The van der Waals surface area contributed by atoms with Gasteiger partial charge in [-0.3, -0.25) is 9.59 Å². The molecule has 118 valence electrons. The van der Waals surface area contributed by atoms with E-state index in [0.29, 0.717) is 25.4 Å². The zero-order chi connectivity index (χ0) is 15.4. The monoisotopic (exact) mass is 301 g/mol. The average Bonchev–Trinajstić information content (AvgIpc) is 3.14. The van der Waals surface area contributed by atoms with Gasteiger partial charge in [0.2, 0.25) is 11.8 Å². The Balaban J connectivity index is 1.50. The Hall–Kier alpha value is -1.88. The van der Waals surface area contributed by atoms with Crippen LogP contribution in [0, 0.1) is 0 Å². The Morgan fingerprint density at radius 2 is 2.09 bits per heavy atom. The molecule has 2 aliphatic rings. The van der Waals surface area contributed by atoms with Gasteiger partial charge in [-0.1, -0.05) is 12.1 Å². The Kier molecular flexibility index (Phi) is 4.73. The number of hydrogen-bond acceptors (Lipinski definition) is 3. The van der Waals surface area contributed by atoms with Crippen molar-refractivity contribution >= 4 is 17.5 Å². The summed E-state index contributed by atoms with van der Waals surface area (Å²) < 4.78 is 0. The minimum atomic E-state index is 0.0573. The fraction of sp³-hybridized carbons (Fsp3) is 0.529. The summed E-state index contributed by atoms with van der Waals surface area (Å²) in [5.74, 6) is 0.295. The maximum atomic E-state index is 12.0. The molecule has 1 aromatic rings. The van der Waals surface area contributed by atoms with Crippen molar-refractivity contribution in [2.45, 2.75) is 44.7 Å². The molecule has 1 aromatic carbocycles. The van der Waals surface area contributed by atoms with E-state index in [1.807, 2.05) is 29.2 Å². The van der Waals surface area contributed by atoms with Gasteiger partial charge in [0.25, 0.3) is 0 Å². The molecular weight excluding hydrogens is 278 g/mol. The predicted molar refractivity (Wildman–Crippen MR) is 85.4 cm³/mol. The molecule has 0 aromatic heterocycles. The van der Waals surface area contributed by atoms with Crippen molar-refractivity contribution in [3.8, 4) is 0 Å². The van der Waals surface area contributed by atoms with Gasteiger partial charge >= 0.3 is 0 Å². The number of nitrogens with zero attached hydrogens (tertiary/aromatic N) is 1. The first-order valence-corrected chi connectivity index (χ1v) is 8.11. The summed E-state index contributed by atoms with van der Waals surface area (Å²) in [5, 5.41) is 6.27. The van der Waals surface area contributed by atoms with E-state index in [1.165, 1.54) is 0 Å². The molecule has 1 atom stereocenters. The molecule has 0 radical (unpaired) electrons. The highest BCUT2D eigenvalue weighted by Gasteiger charge is 2.20. The van der Waals surface area contributed by atoms with E-state index in [9.17, 15) is 9.59 Å². The fourth-order valence-electron chi connectivity index (χ4n) is 3.15. The van der Waals surface area contributed by atoms with E-state index in [1.54, 1.807) is 0 Å². The van der Waals surface area contributed by atoms with Crippen LogP contribution >= 0.6 is 0 Å². The van der Waals surface area contributed by atoms with Crippen molar-refractivity contribution in [2.24, 2.45) is 0 Å². The maximum Gasteiger partial charge on any atom is 0.225 e. The molecule has 2 N–H and O–H groups in total. The minimum absolute atomic E-state index is 0.0573. The van der Waals surface area contributed by atoms with Crippen LogP contribution in [0.1, 0.15) is 37.7 Å². The van der Waals surface area contributed by atoms with Crippen LogP contribution in [0.4, 0.5) is 5.69 Å². The number of hydrogen-bond donors (Lipinski definition) is 2. The molecule has 5 heteroatoms. The van der Waals surface area contributed by atoms with Crippen LogP contribution < -0.4 is 10.6 Å². The third kappa shape index (κ3) is 3.85. The predicted octanol–water partition coefficient (Wildman–Crippen LogP) is 1.89. The van der Waals surface area contributed by atoms with Crippen LogP contribution in [0.3, 0.4) is 0 Å². The normalized spacial score (nSPS) is 21.4. The number of carbonyl (C=O) groups excluding carboxylic acids is 2. The molecule has 3 rings (SSSR count). The number of amides is 2. The second kappa shape index (κ2) is 6.92. The molecule has 0 bridgehead atoms. The Bertz CT molecular complexity index is 535. The van der Waals surface area contributed by atoms with Gasteiger partial charge < -0.3 is 15.5 Å². The highest BCUT2D eigenvalue weighted by atomic mass is 16.2. The van der Waals surface area contributed by atoms with E-state index in [-0.39, 0.29) is 11.8 Å². The van der Waals surface area contributed by atoms with E-state index in [2.05, 4.69) is 10.6 Å². The zero-order valence-corrected chi connectivity index (χ0v) is 12.8.